The molecule has 0 radical (unpaired) electrons. The Kier molecular flexibility index (Phi) is 2.91. The molecule has 0 aliphatic heterocycles. The predicted molar refractivity (Wildman–Crippen MR) is 56.9 cm³/mol. The van der Waals surface area contributed by atoms with Gasteiger partial charge in [-0.25, -0.2) is 4.39 Å². The molecule has 1 heterocycles. The summed E-state index contributed by atoms with van der Waals surface area (Å²) < 4.78 is 18.0. The van der Waals surface area contributed by atoms with E-state index in [0.29, 0.717) is 5.75 Å². The van der Waals surface area contributed by atoms with Crippen LogP contribution in [0.4, 0.5) is 10.1 Å². The monoisotopic (exact) mass is 224 g/mol. The average molecular weight is 224 g/mol. The fourth-order valence-electron chi connectivity index (χ4n) is 1.07. The molecule has 2 aromatic rings. The van der Waals surface area contributed by atoms with E-state index in [2.05, 4.69) is 5.16 Å². The van der Waals surface area contributed by atoms with Crippen LogP contribution in [0.2, 0.25) is 0 Å². The molecule has 1 aromatic heterocycles. The van der Waals surface area contributed by atoms with Crippen molar-refractivity contribution in [1.82, 2.24) is 5.16 Å². The number of hydrogen-bond donors (Lipinski definition) is 1. The van der Waals surface area contributed by atoms with Crippen LogP contribution in [0.25, 0.3) is 0 Å². The highest BCUT2D eigenvalue weighted by atomic mass is 32.2. The second-order valence-electron chi connectivity index (χ2n) is 2.95. The SMILES string of the molecule is Nc1ccc(SCc2ccno2)cc1F. The van der Waals surface area contributed by atoms with Gasteiger partial charge < -0.3 is 10.3 Å². The topological polar surface area (TPSA) is 52.0 Å². The van der Waals surface area contributed by atoms with Crippen LogP contribution in [-0.2, 0) is 5.75 Å². The molecule has 0 aliphatic rings. The molecule has 3 nitrogen and oxygen atoms in total. The van der Waals surface area contributed by atoms with E-state index >= 15 is 0 Å². The van der Waals surface area contributed by atoms with Crippen LogP contribution in [0, 0.1) is 5.82 Å². The summed E-state index contributed by atoms with van der Waals surface area (Å²) in [6, 6.07) is 6.52. The first-order valence-corrected chi connectivity index (χ1v) is 5.31. The van der Waals surface area contributed by atoms with Gasteiger partial charge in [-0.2, -0.15) is 0 Å². The highest BCUT2D eigenvalue weighted by Crippen LogP contribution is 2.25. The lowest BCUT2D eigenvalue weighted by Crippen LogP contribution is -1.89. The number of benzene rings is 1. The average Bonchev–Trinajstić information content (AvgIpc) is 2.73. The van der Waals surface area contributed by atoms with Crippen molar-refractivity contribution in [1.29, 1.82) is 0 Å². The minimum Gasteiger partial charge on any atom is -0.396 e. The van der Waals surface area contributed by atoms with Crippen molar-refractivity contribution in [2.24, 2.45) is 0 Å². The molecule has 0 spiro atoms. The number of nitrogens with two attached hydrogens (primary N) is 1. The summed E-state index contributed by atoms with van der Waals surface area (Å²) >= 11 is 1.47. The Hall–Kier alpha value is -1.49. The highest BCUT2D eigenvalue weighted by Gasteiger charge is 2.02. The maximum Gasteiger partial charge on any atom is 0.147 e. The molecule has 2 rings (SSSR count). The highest BCUT2D eigenvalue weighted by molar-refractivity contribution is 7.98. The Bertz CT molecular complexity index is 445. The molecular formula is C10H9FN2OS. The third-order valence-electron chi connectivity index (χ3n) is 1.84. The molecule has 0 aliphatic carbocycles. The van der Waals surface area contributed by atoms with Crippen LogP contribution in [0.15, 0.2) is 39.9 Å². The first kappa shape index (κ1) is 10.0. The Morgan fingerprint density at radius 1 is 1.40 bits per heavy atom. The van der Waals surface area contributed by atoms with Gasteiger partial charge in [0.25, 0.3) is 0 Å². The Labute approximate surface area is 90.4 Å². The summed E-state index contributed by atoms with van der Waals surface area (Å²) in [6.07, 6.45) is 1.58. The van der Waals surface area contributed by atoms with Crippen molar-refractivity contribution >= 4 is 17.4 Å². The van der Waals surface area contributed by atoms with E-state index in [9.17, 15) is 4.39 Å². The number of halogens is 1. The van der Waals surface area contributed by atoms with Crippen molar-refractivity contribution in [2.75, 3.05) is 5.73 Å². The molecule has 0 saturated carbocycles. The van der Waals surface area contributed by atoms with Gasteiger partial charge in [0.2, 0.25) is 0 Å². The number of nitrogens with zero attached hydrogens (tertiary/aromatic N) is 1. The maximum atomic E-state index is 13.1. The number of aromatic nitrogens is 1. The van der Waals surface area contributed by atoms with Crippen molar-refractivity contribution in [3.8, 4) is 0 Å². The zero-order valence-corrected chi connectivity index (χ0v) is 8.63. The number of hydrogen-bond acceptors (Lipinski definition) is 4. The van der Waals surface area contributed by atoms with E-state index in [0.717, 1.165) is 10.7 Å². The Morgan fingerprint density at radius 3 is 2.93 bits per heavy atom. The molecule has 2 N–H and O–H groups in total. The predicted octanol–water partition coefficient (Wildman–Crippen LogP) is 2.69. The lowest BCUT2D eigenvalue weighted by Gasteiger charge is -2.01. The van der Waals surface area contributed by atoms with Gasteiger partial charge in [-0.3, -0.25) is 0 Å². The van der Waals surface area contributed by atoms with E-state index in [-0.39, 0.29) is 5.69 Å². The fourth-order valence-corrected chi connectivity index (χ4v) is 1.88. The Morgan fingerprint density at radius 2 is 2.27 bits per heavy atom. The fraction of sp³-hybridized carbons (Fsp3) is 0.100. The number of nitrogen functional groups attached to an aromatic ring is 1. The van der Waals surface area contributed by atoms with E-state index in [4.69, 9.17) is 10.3 Å². The van der Waals surface area contributed by atoms with Crippen LogP contribution < -0.4 is 5.73 Å². The number of anilines is 1. The van der Waals surface area contributed by atoms with E-state index < -0.39 is 5.82 Å². The van der Waals surface area contributed by atoms with Gasteiger partial charge in [-0.1, -0.05) is 5.16 Å². The lowest BCUT2D eigenvalue weighted by molar-refractivity contribution is 0.395. The molecule has 0 amide bonds. The molecule has 0 fully saturated rings. The van der Waals surface area contributed by atoms with E-state index in [1.807, 2.05) is 0 Å². The molecule has 15 heavy (non-hydrogen) atoms. The van der Waals surface area contributed by atoms with Gasteiger partial charge in [0.05, 0.1) is 17.6 Å². The maximum absolute atomic E-state index is 13.1. The van der Waals surface area contributed by atoms with Gasteiger partial charge in [0.1, 0.15) is 11.6 Å². The largest absolute Gasteiger partial charge is 0.396 e. The smallest absolute Gasteiger partial charge is 0.147 e. The third-order valence-corrected chi connectivity index (χ3v) is 2.86. The third kappa shape index (κ3) is 2.50. The van der Waals surface area contributed by atoms with Crippen LogP contribution in [0.5, 0.6) is 0 Å². The van der Waals surface area contributed by atoms with Crippen molar-refractivity contribution < 1.29 is 8.91 Å². The number of rotatable bonds is 3. The van der Waals surface area contributed by atoms with Crippen molar-refractivity contribution in [2.45, 2.75) is 10.6 Å². The molecule has 0 saturated heterocycles. The summed E-state index contributed by atoms with van der Waals surface area (Å²) in [6.45, 7) is 0. The van der Waals surface area contributed by atoms with Crippen molar-refractivity contribution in [3.05, 3.63) is 42.0 Å². The van der Waals surface area contributed by atoms with Gasteiger partial charge in [-0.15, -0.1) is 11.8 Å². The first-order chi connectivity index (χ1) is 7.25. The van der Waals surface area contributed by atoms with Crippen LogP contribution in [-0.4, -0.2) is 5.16 Å². The zero-order valence-electron chi connectivity index (χ0n) is 7.81. The summed E-state index contributed by atoms with van der Waals surface area (Å²) in [5.41, 5.74) is 5.53. The summed E-state index contributed by atoms with van der Waals surface area (Å²) in [5.74, 6) is 0.999. The molecule has 5 heteroatoms. The Balaban J connectivity index is 2.02. The minimum atomic E-state index is -0.391. The molecule has 0 bridgehead atoms. The summed E-state index contributed by atoms with van der Waals surface area (Å²) in [4.78, 5) is 0.818. The van der Waals surface area contributed by atoms with Gasteiger partial charge in [-0.05, 0) is 18.2 Å². The molecule has 0 atom stereocenters. The number of thioether (sulfide) groups is 1. The molecule has 0 unspecified atom stereocenters. The van der Waals surface area contributed by atoms with Crippen LogP contribution >= 0.6 is 11.8 Å². The normalized spacial score (nSPS) is 10.5. The molecular weight excluding hydrogens is 215 g/mol. The lowest BCUT2D eigenvalue weighted by atomic mass is 10.3. The van der Waals surface area contributed by atoms with Gasteiger partial charge in [0.15, 0.2) is 0 Å². The summed E-state index contributed by atoms with van der Waals surface area (Å²) in [5, 5.41) is 3.58. The van der Waals surface area contributed by atoms with Crippen molar-refractivity contribution in [3.63, 3.8) is 0 Å². The quantitative estimate of drug-likeness (QED) is 0.643. The first-order valence-electron chi connectivity index (χ1n) is 4.33. The van der Waals surface area contributed by atoms with E-state index in [1.165, 1.54) is 17.8 Å². The second kappa shape index (κ2) is 4.35. The van der Waals surface area contributed by atoms with Gasteiger partial charge in [0, 0.05) is 11.0 Å². The van der Waals surface area contributed by atoms with Gasteiger partial charge >= 0.3 is 0 Å². The second-order valence-corrected chi connectivity index (χ2v) is 4.00. The van der Waals surface area contributed by atoms with Crippen LogP contribution in [0.3, 0.4) is 0 Å². The summed E-state index contributed by atoms with van der Waals surface area (Å²) in [7, 11) is 0. The van der Waals surface area contributed by atoms with Crippen LogP contribution in [0.1, 0.15) is 5.76 Å². The molecule has 78 valence electrons. The minimum absolute atomic E-state index is 0.166. The molecule has 1 aromatic carbocycles. The van der Waals surface area contributed by atoms with E-state index in [1.54, 1.807) is 24.4 Å². The zero-order chi connectivity index (χ0) is 10.7. The standard InChI is InChI=1S/C10H9FN2OS/c11-9-5-8(1-2-10(9)12)15-6-7-3-4-13-14-7/h1-5H,6,12H2.